The van der Waals surface area contributed by atoms with E-state index in [9.17, 15) is 14.7 Å². The molecule has 8 nitrogen and oxygen atoms in total. The lowest BCUT2D eigenvalue weighted by Crippen LogP contribution is -2.50. The van der Waals surface area contributed by atoms with Crippen molar-refractivity contribution in [3.8, 4) is 5.75 Å². The van der Waals surface area contributed by atoms with Gasteiger partial charge in [0.2, 0.25) is 11.8 Å². The van der Waals surface area contributed by atoms with Crippen LogP contribution in [-0.2, 0) is 22.6 Å². The Labute approximate surface area is 305 Å². The summed E-state index contributed by atoms with van der Waals surface area (Å²) >= 11 is 6.03. The summed E-state index contributed by atoms with van der Waals surface area (Å²) in [6.07, 6.45) is 2.09. The lowest BCUT2D eigenvalue weighted by atomic mass is 9.95. The van der Waals surface area contributed by atoms with Crippen LogP contribution in [0.3, 0.4) is 0 Å². The van der Waals surface area contributed by atoms with Crippen LogP contribution in [0.25, 0.3) is 0 Å². The van der Waals surface area contributed by atoms with Gasteiger partial charge in [-0.25, -0.2) is 0 Å². The van der Waals surface area contributed by atoms with E-state index < -0.39 is 18.0 Å². The molecule has 0 saturated heterocycles. The zero-order chi connectivity index (χ0) is 36.0. The largest absolute Gasteiger partial charge is 0.497 e. The molecule has 0 unspecified atom stereocenters. The normalized spacial score (nSPS) is 12.2. The number of benzene rings is 5. The summed E-state index contributed by atoms with van der Waals surface area (Å²) in [5.41, 5.74) is 11.9. The topological polar surface area (TPSA) is 117 Å². The van der Waals surface area contributed by atoms with Gasteiger partial charge in [-0.05, 0) is 96.5 Å². The van der Waals surface area contributed by atoms with Gasteiger partial charge >= 0.3 is 0 Å². The maximum atomic E-state index is 13.7. The molecule has 0 bridgehead atoms. The summed E-state index contributed by atoms with van der Waals surface area (Å²) in [5, 5.41) is 15.9. The summed E-state index contributed by atoms with van der Waals surface area (Å²) in [5.74, 6) is 0.0330. The number of amides is 2. The van der Waals surface area contributed by atoms with Gasteiger partial charge in [-0.15, -0.1) is 0 Å². The molecule has 0 saturated carbocycles. The Bertz CT molecular complexity index is 1770. The number of nitrogens with one attached hydrogen (secondary N) is 2. The van der Waals surface area contributed by atoms with Crippen molar-refractivity contribution >= 4 is 34.8 Å². The van der Waals surface area contributed by atoms with Crippen LogP contribution in [0.2, 0.25) is 5.02 Å². The first-order chi connectivity index (χ1) is 24.8. The molecule has 0 heterocycles. The van der Waals surface area contributed by atoms with Crippen molar-refractivity contribution in [2.75, 3.05) is 23.9 Å². The first kappa shape index (κ1) is 37.1. The molecule has 0 aliphatic carbocycles. The fourth-order valence-corrected chi connectivity index (χ4v) is 6.20. The van der Waals surface area contributed by atoms with Crippen LogP contribution in [0.1, 0.15) is 47.6 Å². The van der Waals surface area contributed by atoms with Crippen molar-refractivity contribution in [2.24, 2.45) is 5.73 Å². The highest BCUT2D eigenvalue weighted by Gasteiger charge is 2.26. The number of ether oxygens (including phenoxy) is 1. The van der Waals surface area contributed by atoms with E-state index in [-0.39, 0.29) is 18.6 Å². The van der Waals surface area contributed by atoms with Crippen LogP contribution in [0, 0.1) is 0 Å². The molecule has 0 radical (unpaired) electrons. The molecule has 0 spiro atoms. The van der Waals surface area contributed by atoms with E-state index in [4.69, 9.17) is 22.1 Å². The number of hydrogen-bond acceptors (Lipinski definition) is 6. The molecular weight excluding hydrogens is 660 g/mol. The molecule has 9 heteroatoms. The second-order valence-electron chi connectivity index (χ2n) is 12.5. The Kier molecular flexibility index (Phi) is 13.6. The van der Waals surface area contributed by atoms with Gasteiger partial charge in [-0.1, -0.05) is 96.5 Å². The zero-order valence-electron chi connectivity index (χ0n) is 28.8. The number of unbranched alkanes of at least 4 members (excludes halogenated alkanes) is 1. The van der Waals surface area contributed by atoms with Crippen molar-refractivity contribution in [1.29, 1.82) is 0 Å². The van der Waals surface area contributed by atoms with E-state index in [0.29, 0.717) is 36.5 Å². The Morgan fingerprint density at radius 3 is 1.92 bits per heavy atom. The van der Waals surface area contributed by atoms with Gasteiger partial charge < -0.3 is 31.1 Å². The lowest BCUT2D eigenvalue weighted by molar-refractivity contribution is -0.127. The van der Waals surface area contributed by atoms with E-state index in [1.807, 2.05) is 36.4 Å². The average molecular weight is 705 g/mol. The number of halogens is 1. The molecule has 2 amide bonds. The first-order valence-corrected chi connectivity index (χ1v) is 17.5. The molecule has 5 N–H and O–H groups in total. The number of carbonyl (C=O) groups excluding carboxylic acids is 2. The maximum absolute atomic E-state index is 13.7. The lowest BCUT2D eigenvalue weighted by Gasteiger charge is -2.35. The van der Waals surface area contributed by atoms with E-state index in [1.54, 1.807) is 43.5 Å². The van der Waals surface area contributed by atoms with Gasteiger partial charge in [0.25, 0.3) is 0 Å². The molecule has 0 aliphatic heterocycles. The molecule has 0 fully saturated rings. The van der Waals surface area contributed by atoms with E-state index in [0.717, 1.165) is 40.1 Å². The van der Waals surface area contributed by atoms with Crippen LogP contribution in [-0.4, -0.2) is 42.7 Å². The van der Waals surface area contributed by atoms with E-state index >= 15 is 0 Å². The Morgan fingerprint density at radius 1 is 0.765 bits per heavy atom. The standard InChI is InChI=1S/C42H45ClN4O4/c1-51-37-25-23-36(24-26-37)47(40(32-10-4-2-5-11-32)33-12-6-3-7-13-33)27-9-8-14-39(42(50)45-35-21-17-31(29-48)18-22-35)46-41(49)38(44)28-30-15-19-34(43)20-16-30/h2-7,10-13,15-26,38-40,48H,8-9,14,27-29,44H2,1H3,(H,45,50)(H,46,49)/t38-,39-/m0/s1. The molecule has 5 rings (SSSR count). The fraction of sp³-hybridized carbons (Fsp3) is 0.238. The van der Waals surface area contributed by atoms with Crippen molar-refractivity contribution in [2.45, 2.75) is 50.4 Å². The number of rotatable bonds is 17. The Morgan fingerprint density at radius 2 is 1.35 bits per heavy atom. The second kappa shape index (κ2) is 18.7. The molecule has 2 atom stereocenters. The minimum atomic E-state index is -0.853. The second-order valence-corrected chi connectivity index (χ2v) is 12.9. The number of carbonyl (C=O) groups is 2. The third-order valence-electron chi connectivity index (χ3n) is 8.83. The number of nitrogens with two attached hydrogens (primary N) is 1. The summed E-state index contributed by atoms with van der Waals surface area (Å²) in [4.78, 5) is 29.4. The third kappa shape index (κ3) is 10.7. The first-order valence-electron chi connectivity index (χ1n) is 17.2. The highest BCUT2D eigenvalue weighted by atomic mass is 35.5. The summed E-state index contributed by atoms with van der Waals surface area (Å²) in [7, 11) is 1.66. The molecule has 0 aliphatic rings. The fourth-order valence-electron chi connectivity index (χ4n) is 6.07. The van der Waals surface area contributed by atoms with E-state index in [1.165, 1.54) is 0 Å². The molecule has 264 valence electrons. The quantitative estimate of drug-likeness (QED) is 0.0755. The summed E-state index contributed by atoms with van der Waals surface area (Å²) in [6.45, 7) is 0.586. The number of aliphatic hydroxyl groups excluding tert-OH is 1. The number of hydrogen-bond donors (Lipinski definition) is 4. The maximum Gasteiger partial charge on any atom is 0.246 e. The number of methoxy groups -OCH3 is 1. The van der Waals surface area contributed by atoms with Crippen LogP contribution < -0.4 is 26.0 Å². The highest BCUT2D eigenvalue weighted by Crippen LogP contribution is 2.34. The number of nitrogens with zero attached hydrogens (tertiary/aromatic N) is 1. The van der Waals surface area contributed by atoms with E-state index in [2.05, 4.69) is 76.2 Å². The SMILES string of the molecule is COc1ccc(N(CCCC[C@H](NC(=O)[C@@H](N)Cc2ccc(Cl)cc2)C(=O)Nc2ccc(CO)cc2)C(c2ccccc2)c2ccccc2)cc1. The highest BCUT2D eigenvalue weighted by molar-refractivity contribution is 6.30. The van der Waals surface area contributed by atoms with Gasteiger partial charge in [0.05, 0.1) is 25.8 Å². The van der Waals surface area contributed by atoms with Crippen molar-refractivity contribution < 1.29 is 19.4 Å². The molecular formula is C42H45ClN4O4. The third-order valence-corrected chi connectivity index (χ3v) is 9.08. The predicted octanol–water partition coefficient (Wildman–Crippen LogP) is 7.30. The molecule has 51 heavy (non-hydrogen) atoms. The van der Waals surface area contributed by atoms with Crippen LogP contribution >= 0.6 is 11.6 Å². The molecule has 0 aromatic heterocycles. The molecule has 5 aromatic rings. The van der Waals surface area contributed by atoms with Crippen LogP contribution in [0.5, 0.6) is 5.75 Å². The van der Waals surface area contributed by atoms with Crippen LogP contribution in [0.4, 0.5) is 11.4 Å². The number of aliphatic hydroxyl groups is 1. The van der Waals surface area contributed by atoms with Gasteiger partial charge in [-0.2, -0.15) is 0 Å². The van der Waals surface area contributed by atoms with Gasteiger partial charge in [0.15, 0.2) is 0 Å². The van der Waals surface area contributed by atoms with Crippen LogP contribution in [0.15, 0.2) is 133 Å². The minimum Gasteiger partial charge on any atom is -0.497 e. The Balaban J connectivity index is 1.33. The average Bonchev–Trinajstić information content (AvgIpc) is 3.17. The minimum absolute atomic E-state index is 0.0626. The molecule has 5 aromatic carbocycles. The summed E-state index contributed by atoms with van der Waals surface area (Å²) in [6, 6.07) is 41.3. The predicted molar refractivity (Wildman–Crippen MR) is 205 cm³/mol. The van der Waals surface area contributed by atoms with Crippen molar-refractivity contribution in [3.05, 3.63) is 161 Å². The van der Waals surface area contributed by atoms with Gasteiger partial charge in [-0.3, -0.25) is 9.59 Å². The monoisotopic (exact) mass is 704 g/mol. The van der Waals surface area contributed by atoms with Crippen molar-refractivity contribution in [3.63, 3.8) is 0 Å². The van der Waals surface area contributed by atoms with Gasteiger partial charge in [0, 0.05) is 22.9 Å². The Hall–Kier alpha value is -5.15. The van der Waals surface area contributed by atoms with Crippen molar-refractivity contribution in [1.82, 2.24) is 5.32 Å². The number of anilines is 2. The summed E-state index contributed by atoms with van der Waals surface area (Å²) < 4.78 is 5.45. The smallest absolute Gasteiger partial charge is 0.246 e. The zero-order valence-corrected chi connectivity index (χ0v) is 29.5. The van der Waals surface area contributed by atoms with Gasteiger partial charge in [0.1, 0.15) is 11.8 Å².